The van der Waals surface area contributed by atoms with Gasteiger partial charge in [0.15, 0.2) is 21.3 Å². The average Bonchev–Trinajstić information content (AvgIpc) is 3.19. The molecule has 0 saturated carbocycles. The summed E-state index contributed by atoms with van der Waals surface area (Å²) in [5.74, 6) is 1.67. The highest BCUT2D eigenvalue weighted by molar-refractivity contribution is 7.92. The van der Waals surface area contributed by atoms with Crippen LogP contribution >= 0.6 is 0 Å². The van der Waals surface area contributed by atoms with Crippen molar-refractivity contribution >= 4 is 33.4 Å². The van der Waals surface area contributed by atoms with Crippen LogP contribution in [0.2, 0.25) is 0 Å². The van der Waals surface area contributed by atoms with Crippen molar-refractivity contribution in [1.29, 1.82) is 0 Å². The zero-order chi connectivity index (χ0) is 40.4. The van der Waals surface area contributed by atoms with Gasteiger partial charge in [-0.2, -0.15) is 0 Å². The molecule has 2 atom stereocenters. The van der Waals surface area contributed by atoms with E-state index in [0.29, 0.717) is 22.6 Å². The summed E-state index contributed by atoms with van der Waals surface area (Å²) in [6.07, 6.45) is 5.53. The lowest BCUT2D eigenvalue weighted by molar-refractivity contribution is -0.385. The zero-order valence-electron chi connectivity index (χ0n) is 31.3. The molecule has 0 heterocycles. The predicted octanol–water partition coefficient (Wildman–Crippen LogP) is 7.20. The fourth-order valence-corrected chi connectivity index (χ4v) is 7.76. The summed E-state index contributed by atoms with van der Waals surface area (Å²) in [7, 11) is 6.39. The molecule has 0 spiro atoms. The highest BCUT2D eigenvalue weighted by Gasteiger charge is 2.36. The molecule has 0 amide bonds. The third kappa shape index (κ3) is 8.84. The predicted molar refractivity (Wildman–Crippen MR) is 204 cm³/mol. The number of hydrogen-bond donors (Lipinski definition) is 0. The summed E-state index contributed by atoms with van der Waals surface area (Å²) >= 11 is 0. The van der Waals surface area contributed by atoms with Gasteiger partial charge in [-0.15, -0.1) is 0 Å². The van der Waals surface area contributed by atoms with Crippen LogP contribution in [-0.4, -0.2) is 75.1 Å². The molecule has 4 rings (SSSR count). The Balaban J connectivity index is 2.09. The Hall–Kier alpha value is -6.49. The lowest BCUT2D eigenvalue weighted by atomic mass is 10.1. The molecule has 0 radical (unpaired) electrons. The molecule has 4 aromatic rings. The number of hydrogen-bond acceptors (Lipinski definition) is 14. The maximum absolute atomic E-state index is 15.3. The summed E-state index contributed by atoms with van der Waals surface area (Å²) in [6, 6.07) is 13.8. The minimum atomic E-state index is -4.65. The van der Waals surface area contributed by atoms with Crippen molar-refractivity contribution in [2.24, 2.45) is 0 Å². The van der Waals surface area contributed by atoms with Crippen LogP contribution in [0.5, 0.6) is 46.0 Å². The Morgan fingerprint density at radius 2 is 0.800 bits per heavy atom. The summed E-state index contributed by atoms with van der Waals surface area (Å²) in [5, 5.41) is 21.0. The molecule has 0 fully saturated rings. The molecule has 0 bridgehead atoms. The van der Waals surface area contributed by atoms with Gasteiger partial charge in [0.25, 0.3) is 0 Å². The maximum atomic E-state index is 15.3. The van der Waals surface area contributed by atoms with Crippen molar-refractivity contribution in [2.45, 2.75) is 10.5 Å². The Labute approximate surface area is 317 Å². The van der Waals surface area contributed by atoms with Crippen LogP contribution in [0.15, 0.2) is 72.8 Å². The fraction of sp³-hybridized carbons (Fsp3) is 0.263. The van der Waals surface area contributed by atoms with E-state index in [9.17, 15) is 20.2 Å². The number of methoxy groups -OCH3 is 8. The second-order valence-corrected chi connectivity index (χ2v) is 13.6. The van der Waals surface area contributed by atoms with Crippen LogP contribution in [0.25, 0.3) is 12.2 Å². The third-order valence-corrected chi connectivity index (χ3v) is 10.8. The van der Waals surface area contributed by atoms with Crippen LogP contribution in [0.3, 0.4) is 0 Å². The van der Waals surface area contributed by atoms with E-state index in [1.807, 2.05) is 0 Å². The summed E-state index contributed by atoms with van der Waals surface area (Å²) in [5.41, 5.74) is -0.364. The highest BCUT2D eigenvalue weighted by atomic mass is 32.2. The second-order valence-electron chi connectivity index (χ2n) is 11.4. The van der Waals surface area contributed by atoms with Gasteiger partial charge in [-0.05, 0) is 35.4 Å². The Morgan fingerprint density at radius 1 is 0.491 bits per heavy atom. The number of benzene rings is 4. The first-order chi connectivity index (χ1) is 26.3. The lowest BCUT2D eigenvalue weighted by Gasteiger charge is -2.22. The van der Waals surface area contributed by atoms with Crippen molar-refractivity contribution in [3.05, 3.63) is 115 Å². The van der Waals surface area contributed by atoms with Crippen LogP contribution in [-0.2, 0) is 9.84 Å². The number of ether oxygens (including phenoxy) is 8. The SMILES string of the molecule is COc1cc(OC)c(C=CC(c2ccc(OC)c([N+](=O)[O-])c2)S(=O)(=O)C(C=Cc2c(OC)cc(OC)cc2OC)c2ccc(OC)c([N+](=O)[O-])c2)c(OC)c1. The number of nitro benzene ring substituents is 2. The van der Waals surface area contributed by atoms with Gasteiger partial charge in [-0.25, -0.2) is 8.42 Å². The molecule has 55 heavy (non-hydrogen) atoms. The van der Waals surface area contributed by atoms with E-state index in [1.165, 1.54) is 105 Å². The normalized spacial score (nSPS) is 12.5. The van der Waals surface area contributed by atoms with E-state index >= 15 is 8.42 Å². The first kappa shape index (κ1) is 41.3. The van der Waals surface area contributed by atoms with Crippen molar-refractivity contribution in [3.8, 4) is 46.0 Å². The van der Waals surface area contributed by atoms with Gasteiger partial charge in [0.05, 0.1) is 77.9 Å². The first-order valence-corrected chi connectivity index (χ1v) is 17.8. The quantitative estimate of drug-likeness (QED) is 0.0727. The van der Waals surface area contributed by atoms with E-state index in [4.69, 9.17) is 37.9 Å². The standard InChI is InChI=1S/C38H40N2O14S/c1-47-25-19-33(51-5)27(34(20-25)52-6)11-15-37(23-9-13-31(49-3)29(17-23)39(41)42)55(45,46)38(24-10-14-32(50-4)30(18-24)40(43)44)16-12-28-35(53-7)21-26(48-2)22-36(28)54-8/h9-22,37-38H,1-8H3. The van der Waals surface area contributed by atoms with Crippen molar-refractivity contribution < 1.29 is 56.2 Å². The lowest BCUT2D eigenvalue weighted by Crippen LogP contribution is -2.19. The maximum Gasteiger partial charge on any atom is 0.311 e. The second kappa shape index (κ2) is 18.0. The van der Waals surface area contributed by atoms with E-state index in [0.717, 1.165) is 12.1 Å². The molecule has 0 aliphatic rings. The van der Waals surface area contributed by atoms with Crippen LogP contribution < -0.4 is 37.9 Å². The molecule has 4 aromatic carbocycles. The number of nitro groups is 2. The molecule has 2 unspecified atom stereocenters. The van der Waals surface area contributed by atoms with Crippen LogP contribution in [0.4, 0.5) is 11.4 Å². The van der Waals surface area contributed by atoms with Crippen molar-refractivity contribution in [1.82, 2.24) is 0 Å². The minimum Gasteiger partial charge on any atom is -0.496 e. The third-order valence-electron chi connectivity index (χ3n) is 8.55. The molecule has 0 aliphatic heterocycles. The van der Waals surface area contributed by atoms with Gasteiger partial charge in [-0.3, -0.25) is 20.2 Å². The monoisotopic (exact) mass is 780 g/mol. The van der Waals surface area contributed by atoms with Gasteiger partial charge in [0.1, 0.15) is 45.0 Å². The Morgan fingerprint density at radius 3 is 1.05 bits per heavy atom. The molecule has 292 valence electrons. The van der Waals surface area contributed by atoms with Crippen LogP contribution in [0, 0.1) is 20.2 Å². The summed E-state index contributed by atoms with van der Waals surface area (Å²) in [6.45, 7) is 0. The minimum absolute atomic E-state index is 0.0174. The number of sulfone groups is 1. The molecule has 16 nitrogen and oxygen atoms in total. The molecular weight excluding hydrogens is 740 g/mol. The van der Waals surface area contributed by atoms with E-state index < -0.39 is 41.6 Å². The zero-order valence-corrected chi connectivity index (χ0v) is 32.1. The van der Waals surface area contributed by atoms with Gasteiger partial charge in [-0.1, -0.05) is 24.3 Å². The van der Waals surface area contributed by atoms with E-state index in [2.05, 4.69) is 0 Å². The molecule has 0 aliphatic carbocycles. The van der Waals surface area contributed by atoms with Gasteiger partial charge < -0.3 is 37.9 Å². The first-order valence-electron chi connectivity index (χ1n) is 16.2. The molecule has 0 aromatic heterocycles. The van der Waals surface area contributed by atoms with Gasteiger partial charge in [0.2, 0.25) is 0 Å². The number of nitrogens with zero attached hydrogens (tertiary/aromatic N) is 2. The van der Waals surface area contributed by atoms with Crippen LogP contribution in [0.1, 0.15) is 32.8 Å². The van der Waals surface area contributed by atoms with Gasteiger partial charge in [0, 0.05) is 36.4 Å². The van der Waals surface area contributed by atoms with Crippen molar-refractivity contribution in [3.63, 3.8) is 0 Å². The van der Waals surface area contributed by atoms with E-state index in [1.54, 1.807) is 24.3 Å². The topological polar surface area (TPSA) is 194 Å². The van der Waals surface area contributed by atoms with Gasteiger partial charge >= 0.3 is 11.4 Å². The molecule has 0 N–H and O–H groups in total. The summed E-state index contributed by atoms with van der Waals surface area (Å²) < 4.78 is 73.9. The fourth-order valence-electron chi connectivity index (χ4n) is 5.79. The summed E-state index contributed by atoms with van der Waals surface area (Å²) in [4.78, 5) is 22.9. The smallest absolute Gasteiger partial charge is 0.311 e. The molecule has 17 heteroatoms. The Bertz CT molecular complexity index is 2020. The average molecular weight is 781 g/mol. The number of rotatable bonds is 18. The molecular formula is C38H40N2O14S. The Kier molecular flexibility index (Phi) is 13.5. The highest BCUT2D eigenvalue weighted by Crippen LogP contribution is 2.44. The largest absolute Gasteiger partial charge is 0.496 e. The van der Waals surface area contributed by atoms with Crippen molar-refractivity contribution in [2.75, 3.05) is 56.9 Å². The molecule has 0 saturated heterocycles. The van der Waals surface area contributed by atoms with E-state index in [-0.39, 0.29) is 45.6 Å².